The van der Waals surface area contributed by atoms with Crippen molar-refractivity contribution >= 4 is 31.9 Å². The van der Waals surface area contributed by atoms with Crippen molar-refractivity contribution < 1.29 is 23.1 Å². The fraction of sp³-hybridized carbons (Fsp3) is 0.417. The molecule has 6 nitrogen and oxygen atoms in total. The lowest BCUT2D eigenvalue weighted by atomic mass is 10.2. The second kappa shape index (κ2) is 7.72. The largest absolute Gasteiger partial charge is 0.478 e. The normalized spacial score (nSPS) is 11.5. The van der Waals surface area contributed by atoms with Crippen LogP contribution in [0.3, 0.4) is 0 Å². The lowest BCUT2D eigenvalue weighted by molar-refractivity contribution is 0.0696. The minimum absolute atomic E-state index is 0.0224. The Kier molecular flexibility index (Phi) is 6.60. The van der Waals surface area contributed by atoms with Gasteiger partial charge in [0.15, 0.2) is 0 Å². The van der Waals surface area contributed by atoms with E-state index in [1.807, 2.05) is 0 Å². The van der Waals surface area contributed by atoms with Crippen LogP contribution >= 0.6 is 15.9 Å². The van der Waals surface area contributed by atoms with Crippen molar-refractivity contribution in [1.82, 2.24) is 4.72 Å². The summed E-state index contributed by atoms with van der Waals surface area (Å²) in [5, 5.41) is 8.83. The highest BCUT2D eigenvalue weighted by atomic mass is 79.9. The van der Waals surface area contributed by atoms with E-state index in [9.17, 15) is 13.2 Å². The van der Waals surface area contributed by atoms with Crippen molar-refractivity contribution in [2.75, 3.05) is 20.3 Å². The summed E-state index contributed by atoms with van der Waals surface area (Å²) in [5.41, 5.74) is 0.0240. The molecule has 0 saturated carbocycles. The fourth-order valence-corrected chi connectivity index (χ4v) is 3.66. The fourth-order valence-electron chi connectivity index (χ4n) is 1.51. The van der Waals surface area contributed by atoms with E-state index in [-0.39, 0.29) is 14.9 Å². The molecule has 8 heteroatoms. The van der Waals surface area contributed by atoms with Crippen LogP contribution in [0.2, 0.25) is 0 Å². The van der Waals surface area contributed by atoms with Crippen LogP contribution in [0.5, 0.6) is 0 Å². The average molecular weight is 366 g/mol. The summed E-state index contributed by atoms with van der Waals surface area (Å²) < 4.78 is 31.7. The van der Waals surface area contributed by atoms with E-state index in [2.05, 4.69) is 20.7 Å². The highest BCUT2D eigenvalue weighted by molar-refractivity contribution is 9.10. The first-order valence-electron chi connectivity index (χ1n) is 5.90. The Bertz CT molecular complexity index is 573. The number of carboxylic acid groups (broad SMARTS) is 1. The standard InChI is InChI=1S/C12H16BrNO5S/c1-19-7-3-2-6-14-20(17,18)11-5-4-9(12(15)16)8-10(11)13/h4-5,8,14H,2-3,6-7H2,1H3,(H,15,16). The molecule has 112 valence electrons. The van der Waals surface area contributed by atoms with E-state index in [0.717, 1.165) is 6.42 Å². The molecule has 0 aliphatic rings. The van der Waals surface area contributed by atoms with Crippen molar-refractivity contribution in [3.8, 4) is 0 Å². The number of halogens is 1. The molecular formula is C12H16BrNO5S. The molecule has 0 aliphatic carbocycles. The summed E-state index contributed by atoms with van der Waals surface area (Å²) in [4.78, 5) is 10.8. The van der Waals surface area contributed by atoms with Crippen LogP contribution in [0.4, 0.5) is 0 Å². The van der Waals surface area contributed by atoms with E-state index in [1.54, 1.807) is 7.11 Å². The number of ether oxygens (including phenoxy) is 1. The van der Waals surface area contributed by atoms with Crippen LogP contribution in [0.15, 0.2) is 27.6 Å². The second-order valence-corrected chi connectivity index (χ2v) is 6.64. The van der Waals surface area contributed by atoms with Gasteiger partial charge in [-0.3, -0.25) is 0 Å². The van der Waals surface area contributed by atoms with Gasteiger partial charge in [0.25, 0.3) is 0 Å². The van der Waals surface area contributed by atoms with Gasteiger partial charge in [0, 0.05) is 24.7 Å². The summed E-state index contributed by atoms with van der Waals surface area (Å²) >= 11 is 3.08. The number of methoxy groups -OCH3 is 1. The van der Waals surface area contributed by atoms with Crippen LogP contribution in [0.1, 0.15) is 23.2 Å². The Labute approximate surface area is 126 Å². The first-order chi connectivity index (χ1) is 9.38. The molecule has 0 aromatic heterocycles. The van der Waals surface area contributed by atoms with Gasteiger partial charge in [0.1, 0.15) is 0 Å². The minimum atomic E-state index is -3.65. The molecule has 0 unspecified atom stereocenters. The van der Waals surface area contributed by atoms with Gasteiger partial charge in [-0.15, -0.1) is 0 Å². The topological polar surface area (TPSA) is 92.7 Å². The maximum Gasteiger partial charge on any atom is 0.335 e. The molecule has 0 saturated heterocycles. The number of sulfonamides is 1. The first kappa shape index (κ1) is 17.1. The lowest BCUT2D eigenvalue weighted by Gasteiger charge is -2.09. The van der Waals surface area contributed by atoms with Gasteiger partial charge in [-0.05, 0) is 47.0 Å². The first-order valence-corrected chi connectivity index (χ1v) is 8.17. The van der Waals surface area contributed by atoms with E-state index in [0.29, 0.717) is 19.6 Å². The number of benzene rings is 1. The predicted octanol–water partition coefficient (Wildman–Crippen LogP) is 1.85. The van der Waals surface area contributed by atoms with E-state index < -0.39 is 16.0 Å². The van der Waals surface area contributed by atoms with Gasteiger partial charge in [-0.25, -0.2) is 17.9 Å². The smallest absolute Gasteiger partial charge is 0.335 e. The van der Waals surface area contributed by atoms with Gasteiger partial charge in [-0.2, -0.15) is 0 Å². The number of rotatable bonds is 8. The Morgan fingerprint density at radius 2 is 2.10 bits per heavy atom. The van der Waals surface area contributed by atoms with Gasteiger partial charge >= 0.3 is 5.97 Å². The van der Waals surface area contributed by atoms with Crippen molar-refractivity contribution in [3.05, 3.63) is 28.2 Å². The molecule has 1 aromatic rings. The molecule has 0 radical (unpaired) electrons. The number of aromatic carboxylic acids is 1. The molecule has 0 fully saturated rings. The molecule has 20 heavy (non-hydrogen) atoms. The number of hydrogen-bond acceptors (Lipinski definition) is 4. The zero-order valence-corrected chi connectivity index (χ0v) is 13.3. The second-order valence-electron chi connectivity index (χ2n) is 4.05. The Balaban J connectivity index is 2.75. The third-order valence-corrected chi connectivity index (χ3v) is 4.97. The molecule has 1 rings (SSSR count). The van der Waals surface area contributed by atoms with Crippen molar-refractivity contribution in [1.29, 1.82) is 0 Å². The molecule has 0 amide bonds. The van der Waals surface area contributed by atoms with Crippen molar-refractivity contribution in [2.45, 2.75) is 17.7 Å². The zero-order valence-electron chi connectivity index (χ0n) is 10.9. The van der Waals surface area contributed by atoms with Gasteiger partial charge in [0.2, 0.25) is 10.0 Å². The SMILES string of the molecule is COCCCCNS(=O)(=O)c1ccc(C(=O)O)cc1Br. The molecule has 0 heterocycles. The Hall–Kier alpha value is -0.960. The summed E-state index contributed by atoms with van der Waals surface area (Å²) in [6.45, 7) is 0.886. The molecule has 2 N–H and O–H groups in total. The summed E-state index contributed by atoms with van der Waals surface area (Å²) in [6.07, 6.45) is 1.43. The van der Waals surface area contributed by atoms with Gasteiger partial charge in [-0.1, -0.05) is 0 Å². The number of carbonyl (C=O) groups is 1. The van der Waals surface area contributed by atoms with E-state index in [4.69, 9.17) is 9.84 Å². The van der Waals surface area contributed by atoms with E-state index in [1.165, 1.54) is 18.2 Å². The monoisotopic (exact) mass is 365 g/mol. The highest BCUT2D eigenvalue weighted by Crippen LogP contribution is 2.23. The minimum Gasteiger partial charge on any atom is -0.478 e. The summed E-state index contributed by atoms with van der Waals surface area (Å²) in [7, 11) is -2.06. The predicted molar refractivity (Wildman–Crippen MR) is 77.4 cm³/mol. The van der Waals surface area contributed by atoms with E-state index >= 15 is 0 Å². The number of unbranched alkanes of at least 4 members (excludes halogenated alkanes) is 1. The number of hydrogen-bond donors (Lipinski definition) is 2. The molecule has 0 spiro atoms. The zero-order chi connectivity index (χ0) is 15.2. The third-order valence-electron chi connectivity index (χ3n) is 2.54. The molecule has 1 aromatic carbocycles. The Morgan fingerprint density at radius 1 is 1.40 bits per heavy atom. The highest BCUT2D eigenvalue weighted by Gasteiger charge is 2.18. The maximum absolute atomic E-state index is 12.0. The maximum atomic E-state index is 12.0. The number of carboxylic acids is 1. The lowest BCUT2D eigenvalue weighted by Crippen LogP contribution is -2.25. The van der Waals surface area contributed by atoms with Crippen molar-refractivity contribution in [3.63, 3.8) is 0 Å². The molecule has 0 aliphatic heterocycles. The molecule has 0 bridgehead atoms. The molecule has 0 atom stereocenters. The van der Waals surface area contributed by atoms with Crippen LogP contribution in [0, 0.1) is 0 Å². The van der Waals surface area contributed by atoms with Crippen LogP contribution in [-0.2, 0) is 14.8 Å². The third kappa shape index (κ3) is 4.86. The Morgan fingerprint density at radius 3 is 2.65 bits per heavy atom. The average Bonchev–Trinajstić information content (AvgIpc) is 2.37. The van der Waals surface area contributed by atoms with Crippen LogP contribution in [-0.4, -0.2) is 39.8 Å². The van der Waals surface area contributed by atoms with Crippen LogP contribution < -0.4 is 4.72 Å². The quantitative estimate of drug-likeness (QED) is 0.685. The van der Waals surface area contributed by atoms with Crippen molar-refractivity contribution in [2.24, 2.45) is 0 Å². The molecular weight excluding hydrogens is 350 g/mol. The number of nitrogens with one attached hydrogen (secondary N) is 1. The summed E-state index contributed by atoms with van der Waals surface area (Å²) in [6, 6.07) is 3.79. The van der Waals surface area contributed by atoms with Gasteiger partial charge in [0.05, 0.1) is 10.5 Å². The van der Waals surface area contributed by atoms with Crippen LogP contribution in [0.25, 0.3) is 0 Å². The summed E-state index contributed by atoms with van der Waals surface area (Å²) in [5.74, 6) is -1.11. The van der Waals surface area contributed by atoms with Gasteiger partial charge < -0.3 is 9.84 Å².